The van der Waals surface area contributed by atoms with Gasteiger partial charge < -0.3 is 14.2 Å². The van der Waals surface area contributed by atoms with E-state index in [4.69, 9.17) is 14.2 Å². The molecule has 48 heavy (non-hydrogen) atoms. The topological polar surface area (TPSA) is 78.9 Å². The van der Waals surface area contributed by atoms with E-state index >= 15 is 0 Å². The van der Waals surface area contributed by atoms with Crippen LogP contribution in [-0.4, -0.2) is 37.2 Å². The summed E-state index contributed by atoms with van der Waals surface area (Å²) in [6.07, 6.45) is 31.2. The molecule has 0 fully saturated rings. The lowest BCUT2D eigenvalue weighted by Crippen LogP contribution is -2.30. The van der Waals surface area contributed by atoms with Crippen molar-refractivity contribution in [3.05, 3.63) is 0 Å². The molecule has 0 spiro atoms. The summed E-state index contributed by atoms with van der Waals surface area (Å²) in [7, 11) is 0. The number of hydrogen-bond donors (Lipinski definition) is 0. The third kappa shape index (κ3) is 34.3. The van der Waals surface area contributed by atoms with Crippen LogP contribution in [0.3, 0.4) is 0 Å². The van der Waals surface area contributed by atoms with Crippen LogP contribution in [0.1, 0.15) is 221 Å². The molecule has 2 atom stereocenters. The van der Waals surface area contributed by atoms with Crippen LogP contribution in [0.25, 0.3) is 0 Å². The lowest BCUT2D eigenvalue weighted by molar-refractivity contribution is -0.167. The SMILES string of the molecule is CCCCCCCC(=O)OC[C@@H](COC(=O)CCCCCCCCCCCCCCC(C)C)OC(=O)CCCCCCCCC(C)CC. The van der Waals surface area contributed by atoms with Gasteiger partial charge in [-0.3, -0.25) is 14.4 Å². The number of carbonyl (C=O) groups is 3. The maximum Gasteiger partial charge on any atom is 0.306 e. The van der Waals surface area contributed by atoms with Crippen LogP contribution in [0.2, 0.25) is 0 Å². The highest BCUT2D eigenvalue weighted by Crippen LogP contribution is 2.16. The average Bonchev–Trinajstić information content (AvgIpc) is 3.06. The molecule has 0 rings (SSSR count). The molecule has 0 aliphatic rings. The standard InChI is InChI=1S/C42H80O6/c1-6-8-9-20-27-32-40(43)46-35-39(48-42(45)34-29-24-19-18-22-26-31-38(5)7-2)36-47-41(44)33-28-23-17-15-13-11-10-12-14-16-21-25-30-37(3)4/h37-39H,6-36H2,1-5H3/t38?,39-/m0/s1. The number of carbonyl (C=O) groups excluding carboxylic acids is 3. The molecule has 0 saturated heterocycles. The van der Waals surface area contributed by atoms with Crippen LogP contribution >= 0.6 is 0 Å². The number of hydrogen-bond acceptors (Lipinski definition) is 6. The van der Waals surface area contributed by atoms with Gasteiger partial charge >= 0.3 is 17.9 Å². The molecule has 0 aromatic carbocycles. The summed E-state index contributed by atoms with van der Waals surface area (Å²) < 4.78 is 16.5. The van der Waals surface area contributed by atoms with E-state index in [9.17, 15) is 14.4 Å². The Morgan fingerprint density at radius 2 is 0.792 bits per heavy atom. The van der Waals surface area contributed by atoms with E-state index < -0.39 is 6.10 Å². The lowest BCUT2D eigenvalue weighted by atomic mass is 10.00. The van der Waals surface area contributed by atoms with Crippen molar-refractivity contribution in [3.8, 4) is 0 Å². The lowest BCUT2D eigenvalue weighted by Gasteiger charge is -2.18. The second-order valence-electron chi connectivity index (χ2n) is 15.0. The van der Waals surface area contributed by atoms with Gasteiger partial charge in [-0.25, -0.2) is 0 Å². The molecule has 6 heteroatoms. The van der Waals surface area contributed by atoms with E-state index in [1.165, 1.54) is 103 Å². The zero-order valence-corrected chi connectivity index (χ0v) is 32.6. The first-order valence-corrected chi connectivity index (χ1v) is 20.8. The van der Waals surface area contributed by atoms with Crippen molar-refractivity contribution in [2.75, 3.05) is 13.2 Å². The molecule has 0 aromatic rings. The Morgan fingerprint density at radius 3 is 1.19 bits per heavy atom. The van der Waals surface area contributed by atoms with Crippen molar-refractivity contribution in [2.24, 2.45) is 11.8 Å². The molecular weight excluding hydrogens is 600 g/mol. The van der Waals surface area contributed by atoms with Crippen LogP contribution in [-0.2, 0) is 28.6 Å². The average molecular weight is 681 g/mol. The van der Waals surface area contributed by atoms with Gasteiger partial charge in [0.15, 0.2) is 6.10 Å². The first-order valence-electron chi connectivity index (χ1n) is 20.8. The summed E-state index contributed by atoms with van der Waals surface area (Å²) in [5.74, 6) is 0.764. The van der Waals surface area contributed by atoms with Crippen LogP contribution in [0.15, 0.2) is 0 Å². The Morgan fingerprint density at radius 1 is 0.438 bits per heavy atom. The van der Waals surface area contributed by atoms with Crippen molar-refractivity contribution < 1.29 is 28.6 Å². The number of esters is 3. The van der Waals surface area contributed by atoms with Gasteiger partial charge in [-0.05, 0) is 31.1 Å². The maximum atomic E-state index is 12.6. The summed E-state index contributed by atoms with van der Waals surface area (Å²) in [4.78, 5) is 37.3. The molecule has 0 aromatic heterocycles. The first-order chi connectivity index (χ1) is 23.3. The Kier molecular flexibility index (Phi) is 34.1. The fraction of sp³-hybridized carbons (Fsp3) is 0.929. The quantitative estimate of drug-likeness (QED) is 0.0372. The van der Waals surface area contributed by atoms with Gasteiger partial charge in [0.1, 0.15) is 13.2 Å². The molecule has 0 aliphatic carbocycles. The highest BCUT2D eigenvalue weighted by molar-refractivity contribution is 5.71. The largest absolute Gasteiger partial charge is 0.462 e. The normalized spacial score (nSPS) is 12.6. The van der Waals surface area contributed by atoms with E-state index in [0.29, 0.717) is 19.3 Å². The van der Waals surface area contributed by atoms with E-state index in [1.54, 1.807) is 0 Å². The van der Waals surface area contributed by atoms with Crippen LogP contribution < -0.4 is 0 Å². The molecule has 284 valence electrons. The van der Waals surface area contributed by atoms with Gasteiger partial charge in [0.05, 0.1) is 0 Å². The van der Waals surface area contributed by atoms with Crippen LogP contribution in [0.4, 0.5) is 0 Å². The summed E-state index contributed by atoms with van der Waals surface area (Å²) in [6, 6.07) is 0. The van der Waals surface area contributed by atoms with Crippen molar-refractivity contribution in [3.63, 3.8) is 0 Å². The van der Waals surface area contributed by atoms with Gasteiger partial charge in [0.2, 0.25) is 0 Å². The molecule has 0 amide bonds. The molecule has 6 nitrogen and oxygen atoms in total. The Labute approximate surface area is 298 Å². The third-order valence-corrected chi connectivity index (χ3v) is 9.58. The van der Waals surface area contributed by atoms with Crippen molar-refractivity contribution in [1.29, 1.82) is 0 Å². The third-order valence-electron chi connectivity index (χ3n) is 9.58. The van der Waals surface area contributed by atoms with Gasteiger partial charge in [-0.1, -0.05) is 182 Å². The predicted octanol–water partition coefficient (Wildman–Crippen LogP) is 12.6. The summed E-state index contributed by atoms with van der Waals surface area (Å²) in [5.41, 5.74) is 0. The van der Waals surface area contributed by atoms with Crippen molar-refractivity contribution in [2.45, 2.75) is 227 Å². The number of ether oxygens (including phenoxy) is 3. The minimum atomic E-state index is -0.758. The van der Waals surface area contributed by atoms with Gasteiger partial charge in [-0.2, -0.15) is 0 Å². The van der Waals surface area contributed by atoms with Crippen LogP contribution in [0, 0.1) is 11.8 Å². The fourth-order valence-electron chi connectivity index (χ4n) is 6.01. The first kappa shape index (κ1) is 46.4. The summed E-state index contributed by atoms with van der Waals surface area (Å²) >= 11 is 0. The Balaban J connectivity index is 4.21. The molecule has 0 aliphatic heterocycles. The van der Waals surface area contributed by atoms with E-state index in [-0.39, 0.29) is 31.1 Å². The van der Waals surface area contributed by atoms with Crippen molar-refractivity contribution in [1.82, 2.24) is 0 Å². The Bertz CT molecular complexity index is 736. The highest BCUT2D eigenvalue weighted by atomic mass is 16.6. The number of unbranched alkanes of at least 4 members (excludes halogenated alkanes) is 20. The monoisotopic (exact) mass is 681 g/mol. The van der Waals surface area contributed by atoms with Gasteiger partial charge in [0, 0.05) is 19.3 Å². The minimum Gasteiger partial charge on any atom is -0.462 e. The van der Waals surface area contributed by atoms with Gasteiger partial charge in [-0.15, -0.1) is 0 Å². The molecule has 0 heterocycles. The van der Waals surface area contributed by atoms with E-state index in [0.717, 1.165) is 76.0 Å². The second-order valence-corrected chi connectivity index (χ2v) is 15.0. The Hall–Kier alpha value is -1.59. The number of rotatable bonds is 36. The zero-order valence-electron chi connectivity index (χ0n) is 32.6. The zero-order chi connectivity index (χ0) is 35.5. The van der Waals surface area contributed by atoms with Crippen molar-refractivity contribution >= 4 is 17.9 Å². The molecule has 1 unspecified atom stereocenters. The van der Waals surface area contributed by atoms with E-state index in [2.05, 4.69) is 34.6 Å². The van der Waals surface area contributed by atoms with E-state index in [1.807, 2.05) is 0 Å². The minimum absolute atomic E-state index is 0.0672. The summed E-state index contributed by atoms with van der Waals surface area (Å²) in [5, 5.41) is 0. The molecule has 0 N–H and O–H groups in total. The molecule has 0 radical (unpaired) electrons. The fourth-order valence-corrected chi connectivity index (χ4v) is 6.01. The summed E-state index contributed by atoms with van der Waals surface area (Å²) in [6.45, 7) is 11.2. The smallest absolute Gasteiger partial charge is 0.306 e. The predicted molar refractivity (Wildman–Crippen MR) is 201 cm³/mol. The van der Waals surface area contributed by atoms with Gasteiger partial charge in [0.25, 0.3) is 0 Å². The second kappa shape index (κ2) is 35.2. The molecule has 0 bridgehead atoms. The molecule has 0 saturated carbocycles. The molecular formula is C42H80O6. The van der Waals surface area contributed by atoms with Crippen LogP contribution in [0.5, 0.6) is 0 Å². The maximum absolute atomic E-state index is 12.6. The highest BCUT2D eigenvalue weighted by Gasteiger charge is 2.19.